The van der Waals surface area contributed by atoms with Crippen molar-refractivity contribution in [1.82, 2.24) is 5.32 Å². The molecule has 0 fully saturated rings. The third kappa shape index (κ3) is 4.46. The smallest absolute Gasteiger partial charge is 0.258 e. The molecule has 0 radical (unpaired) electrons. The lowest BCUT2D eigenvalue weighted by molar-refractivity contribution is -0.123. The van der Waals surface area contributed by atoms with Crippen LogP contribution in [-0.4, -0.2) is 12.5 Å². The molecule has 2 aromatic rings. The number of carbonyl (C=O) groups excluding carboxylic acids is 1. The molecule has 0 spiro atoms. The number of ether oxygens (including phenoxy) is 1. The molecule has 0 saturated carbocycles. The van der Waals surface area contributed by atoms with E-state index in [9.17, 15) is 9.18 Å². The van der Waals surface area contributed by atoms with E-state index in [1.54, 1.807) is 12.1 Å². The summed E-state index contributed by atoms with van der Waals surface area (Å²) >= 11 is 6.07. The molecule has 0 aromatic heterocycles. The minimum Gasteiger partial charge on any atom is -0.484 e. The van der Waals surface area contributed by atoms with E-state index >= 15 is 0 Å². The van der Waals surface area contributed by atoms with Crippen LogP contribution in [0.4, 0.5) is 4.39 Å². The second kappa shape index (κ2) is 7.09. The first-order chi connectivity index (χ1) is 10.1. The normalized spacial score (nSPS) is 11.8. The van der Waals surface area contributed by atoms with Crippen LogP contribution in [0, 0.1) is 5.82 Å². The second-order valence-electron chi connectivity index (χ2n) is 4.56. The predicted molar refractivity (Wildman–Crippen MR) is 79.9 cm³/mol. The van der Waals surface area contributed by atoms with E-state index in [0.29, 0.717) is 10.8 Å². The van der Waals surface area contributed by atoms with Gasteiger partial charge in [-0.15, -0.1) is 0 Å². The molecule has 5 heteroatoms. The van der Waals surface area contributed by atoms with E-state index in [4.69, 9.17) is 16.3 Å². The van der Waals surface area contributed by atoms with Crippen LogP contribution in [0.15, 0.2) is 48.5 Å². The summed E-state index contributed by atoms with van der Waals surface area (Å²) in [6.07, 6.45) is 0. The van der Waals surface area contributed by atoms with Gasteiger partial charge in [0.25, 0.3) is 5.91 Å². The maximum Gasteiger partial charge on any atom is 0.258 e. The summed E-state index contributed by atoms with van der Waals surface area (Å²) in [5.41, 5.74) is 0.832. The summed E-state index contributed by atoms with van der Waals surface area (Å²) in [5, 5.41) is 3.37. The molecule has 0 heterocycles. The number of hydrogen-bond acceptors (Lipinski definition) is 2. The van der Waals surface area contributed by atoms with Gasteiger partial charge >= 0.3 is 0 Å². The molecule has 2 rings (SSSR count). The molecule has 2 aromatic carbocycles. The third-order valence-electron chi connectivity index (χ3n) is 2.92. The van der Waals surface area contributed by atoms with E-state index in [0.717, 1.165) is 5.56 Å². The van der Waals surface area contributed by atoms with Gasteiger partial charge in [-0.1, -0.05) is 35.9 Å². The Morgan fingerprint density at radius 1 is 1.29 bits per heavy atom. The summed E-state index contributed by atoms with van der Waals surface area (Å²) in [5.74, 6) is -0.389. The standard InChI is InChI=1S/C16H15ClFNO2/c1-11(14-7-2-3-8-15(14)17)19-16(20)10-21-13-6-4-5-12(18)9-13/h2-9,11H,10H2,1H3,(H,19,20)/t11-/m1/s1. The fourth-order valence-electron chi connectivity index (χ4n) is 1.89. The van der Waals surface area contributed by atoms with Crippen LogP contribution in [0.1, 0.15) is 18.5 Å². The van der Waals surface area contributed by atoms with Crippen LogP contribution in [0.25, 0.3) is 0 Å². The maximum absolute atomic E-state index is 13.0. The number of hydrogen-bond donors (Lipinski definition) is 1. The summed E-state index contributed by atoms with van der Waals surface area (Å²) in [4.78, 5) is 11.8. The minimum atomic E-state index is -0.405. The van der Waals surface area contributed by atoms with Crippen LogP contribution in [-0.2, 0) is 4.79 Å². The number of carbonyl (C=O) groups is 1. The lowest BCUT2D eigenvalue weighted by atomic mass is 10.1. The molecule has 0 aliphatic carbocycles. The lowest BCUT2D eigenvalue weighted by Gasteiger charge is -2.16. The Morgan fingerprint density at radius 3 is 2.76 bits per heavy atom. The van der Waals surface area contributed by atoms with Crippen molar-refractivity contribution < 1.29 is 13.9 Å². The van der Waals surface area contributed by atoms with Crippen LogP contribution in [0.5, 0.6) is 5.75 Å². The van der Waals surface area contributed by atoms with E-state index in [1.165, 1.54) is 18.2 Å². The highest BCUT2D eigenvalue weighted by atomic mass is 35.5. The zero-order chi connectivity index (χ0) is 15.2. The third-order valence-corrected chi connectivity index (χ3v) is 3.26. The number of rotatable bonds is 5. The fourth-order valence-corrected chi connectivity index (χ4v) is 2.19. The topological polar surface area (TPSA) is 38.3 Å². The van der Waals surface area contributed by atoms with Crippen LogP contribution in [0.3, 0.4) is 0 Å². The molecule has 0 aliphatic heterocycles. The lowest BCUT2D eigenvalue weighted by Crippen LogP contribution is -2.31. The molecule has 1 atom stereocenters. The average Bonchev–Trinajstić information content (AvgIpc) is 2.45. The maximum atomic E-state index is 13.0. The highest BCUT2D eigenvalue weighted by molar-refractivity contribution is 6.31. The Bertz CT molecular complexity index is 633. The molecule has 0 bridgehead atoms. The Hall–Kier alpha value is -2.07. The Kier molecular flexibility index (Phi) is 5.17. The van der Waals surface area contributed by atoms with Crippen molar-refractivity contribution >= 4 is 17.5 Å². The van der Waals surface area contributed by atoms with Crippen LogP contribution < -0.4 is 10.1 Å². The molecule has 1 amide bonds. The first-order valence-corrected chi connectivity index (χ1v) is 6.86. The van der Waals surface area contributed by atoms with E-state index in [2.05, 4.69) is 5.32 Å². The highest BCUT2D eigenvalue weighted by Crippen LogP contribution is 2.22. The number of halogens is 2. The first kappa shape index (κ1) is 15.3. The van der Waals surface area contributed by atoms with Gasteiger partial charge in [0, 0.05) is 11.1 Å². The van der Waals surface area contributed by atoms with Gasteiger partial charge in [-0.2, -0.15) is 0 Å². The molecule has 21 heavy (non-hydrogen) atoms. The zero-order valence-electron chi connectivity index (χ0n) is 11.5. The zero-order valence-corrected chi connectivity index (χ0v) is 12.2. The SMILES string of the molecule is C[C@@H](NC(=O)COc1cccc(F)c1)c1ccccc1Cl. The second-order valence-corrected chi connectivity index (χ2v) is 4.96. The Labute approximate surface area is 127 Å². The van der Waals surface area contributed by atoms with E-state index < -0.39 is 5.82 Å². The van der Waals surface area contributed by atoms with Crippen LogP contribution >= 0.6 is 11.6 Å². The van der Waals surface area contributed by atoms with Gasteiger partial charge < -0.3 is 10.1 Å². The summed E-state index contributed by atoms with van der Waals surface area (Å²) in [6, 6.07) is 12.7. The van der Waals surface area contributed by atoms with Crippen molar-refractivity contribution in [3.63, 3.8) is 0 Å². The molecule has 0 saturated heterocycles. The van der Waals surface area contributed by atoms with Crippen molar-refractivity contribution in [2.24, 2.45) is 0 Å². The molecular formula is C16H15ClFNO2. The monoisotopic (exact) mass is 307 g/mol. The Balaban J connectivity index is 1.89. The van der Waals surface area contributed by atoms with Crippen molar-refractivity contribution in [2.45, 2.75) is 13.0 Å². The van der Waals surface area contributed by atoms with Crippen molar-refractivity contribution in [3.8, 4) is 5.75 Å². The predicted octanol–water partition coefficient (Wildman–Crippen LogP) is 3.74. The molecule has 3 nitrogen and oxygen atoms in total. The summed E-state index contributed by atoms with van der Waals surface area (Å²) < 4.78 is 18.2. The van der Waals surface area contributed by atoms with Crippen molar-refractivity contribution in [1.29, 1.82) is 0 Å². The fraction of sp³-hybridized carbons (Fsp3) is 0.188. The molecule has 0 unspecified atom stereocenters. The van der Waals surface area contributed by atoms with Crippen LogP contribution in [0.2, 0.25) is 5.02 Å². The molecular weight excluding hydrogens is 293 g/mol. The highest BCUT2D eigenvalue weighted by Gasteiger charge is 2.12. The van der Waals surface area contributed by atoms with Gasteiger partial charge in [0.15, 0.2) is 6.61 Å². The van der Waals surface area contributed by atoms with Crippen molar-refractivity contribution in [3.05, 3.63) is 64.9 Å². The Morgan fingerprint density at radius 2 is 2.05 bits per heavy atom. The van der Waals surface area contributed by atoms with Gasteiger partial charge in [0.1, 0.15) is 11.6 Å². The van der Waals surface area contributed by atoms with Gasteiger partial charge in [-0.05, 0) is 30.7 Å². The summed E-state index contributed by atoms with van der Waals surface area (Å²) in [6.45, 7) is 1.65. The van der Waals surface area contributed by atoms with Gasteiger partial charge in [-0.3, -0.25) is 4.79 Å². The molecule has 110 valence electrons. The summed E-state index contributed by atoms with van der Waals surface area (Å²) in [7, 11) is 0. The first-order valence-electron chi connectivity index (χ1n) is 6.48. The number of amides is 1. The van der Waals surface area contributed by atoms with Gasteiger partial charge in [0.05, 0.1) is 6.04 Å². The quantitative estimate of drug-likeness (QED) is 0.914. The van der Waals surface area contributed by atoms with E-state index in [-0.39, 0.29) is 18.6 Å². The van der Waals surface area contributed by atoms with E-state index in [1.807, 2.05) is 25.1 Å². The molecule has 0 aliphatic rings. The average molecular weight is 308 g/mol. The number of nitrogens with one attached hydrogen (secondary N) is 1. The van der Waals surface area contributed by atoms with Crippen molar-refractivity contribution in [2.75, 3.05) is 6.61 Å². The minimum absolute atomic E-state index is 0.182. The number of benzene rings is 2. The van der Waals surface area contributed by atoms with Gasteiger partial charge in [-0.25, -0.2) is 4.39 Å². The largest absolute Gasteiger partial charge is 0.484 e. The molecule has 1 N–H and O–H groups in total. The van der Waals surface area contributed by atoms with Gasteiger partial charge in [0.2, 0.25) is 0 Å².